The number of allylic oxidation sites excluding steroid dienone is 1. The van der Waals surface area contributed by atoms with Crippen LogP contribution in [0.4, 0.5) is 0 Å². The Kier molecular flexibility index (Phi) is 5.57. The van der Waals surface area contributed by atoms with Gasteiger partial charge in [0.05, 0.1) is 7.11 Å². The van der Waals surface area contributed by atoms with Crippen LogP contribution in [0, 0.1) is 0 Å². The molecule has 3 heteroatoms. The second-order valence-electron chi connectivity index (χ2n) is 9.83. The summed E-state index contributed by atoms with van der Waals surface area (Å²) in [4.78, 5) is 0. The van der Waals surface area contributed by atoms with Crippen LogP contribution in [0.1, 0.15) is 37.5 Å². The zero-order valence-electron chi connectivity index (χ0n) is 19.5. The van der Waals surface area contributed by atoms with Crippen molar-refractivity contribution in [1.82, 2.24) is 0 Å². The van der Waals surface area contributed by atoms with Crippen LogP contribution in [-0.2, 0) is 11.8 Å². The minimum atomic E-state index is -2.12. The molecule has 3 aromatic carbocycles. The maximum atomic E-state index is 6.66. The number of benzene rings is 3. The van der Waals surface area contributed by atoms with E-state index in [4.69, 9.17) is 9.47 Å². The Morgan fingerprint density at radius 3 is 2.26 bits per heavy atom. The lowest BCUT2D eigenvalue weighted by Crippen LogP contribution is -2.54. The summed E-state index contributed by atoms with van der Waals surface area (Å²) in [5.41, 5.74) is 3.90. The first-order chi connectivity index (χ1) is 14.7. The van der Waals surface area contributed by atoms with E-state index < -0.39 is 8.07 Å². The largest absolute Gasteiger partial charge is 0.497 e. The highest BCUT2D eigenvalue weighted by Gasteiger charge is 2.36. The highest BCUT2D eigenvalue weighted by Crippen LogP contribution is 2.37. The van der Waals surface area contributed by atoms with Crippen LogP contribution < -0.4 is 19.8 Å². The van der Waals surface area contributed by atoms with Crippen LogP contribution in [0.25, 0.3) is 6.08 Å². The molecule has 0 atom stereocenters. The molecule has 0 fully saturated rings. The van der Waals surface area contributed by atoms with Gasteiger partial charge in [0.1, 0.15) is 25.3 Å². The molecule has 2 nitrogen and oxygen atoms in total. The second kappa shape index (κ2) is 8.05. The Labute approximate surface area is 187 Å². The summed E-state index contributed by atoms with van der Waals surface area (Å²) < 4.78 is 12.4. The maximum absolute atomic E-state index is 6.66. The Morgan fingerprint density at radius 1 is 0.839 bits per heavy atom. The monoisotopic (exact) mass is 428 g/mol. The summed E-state index contributed by atoms with van der Waals surface area (Å²) in [6.07, 6.45) is 5.58. The molecule has 0 N–H and O–H groups in total. The highest BCUT2D eigenvalue weighted by atomic mass is 28.3. The lowest BCUT2D eigenvalue weighted by molar-refractivity contribution is 0.408. The minimum Gasteiger partial charge on any atom is -0.497 e. The summed E-state index contributed by atoms with van der Waals surface area (Å²) >= 11 is 0. The summed E-state index contributed by atoms with van der Waals surface area (Å²) in [7, 11) is -0.374. The van der Waals surface area contributed by atoms with Gasteiger partial charge in [0, 0.05) is 5.56 Å². The third-order valence-corrected chi connectivity index (χ3v) is 9.74. The molecule has 0 spiro atoms. The topological polar surface area (TPSA) is 18.5 Å². The van der Waals surface area contributed by atoms with Crippen LogP contribution in [0.2, 0.25) is 13.1 Å². The molecular formula is C28H32O2Si. The normalized spacial score (nSPS) is 13.2. The van der Waals surface area contributed by atoms with Crippen LogP contribution in [-0.4, -0.2) is 15.2 Å². The zero-order chi connectivity index (χ0) is 22.2. The van der Waals surface area contributed by atoms with Crippen molar-refractivity contribution in [2.24, 2.45) is 0 Å². The van der Waals surface area contributed by atoms with E-state index in [2.05, 4.69) is 76.3 Å². The van der Waals surface area contributed by atoms with Gasteiger partial charge in [0.2, 0.25) is 0 Å². The van der Waals surface area contributed by atoms with E-state index in [9.17, 15) is 0 Å². The number of hydrogen-bond donors (Lipinski definition) is 0. The van der Waals surface area contributed by atoms with E-state index in [1.54, 1.807) is 7.11 Å². The fraction of sp³-hybridized carbons (Fsp3) is 0.286. The van der Waals surface area contributed by atoms with Gasteiger partial charge in [-0.15, -0.1) is 0 Å². The van der Waals surface area contributed by atoms with Crippen molar-refractivity contribution in [1.29, 1.82) is 0 Å². The number of hydrogen-bond acceptors (Lipinski definition) is 2. The fourth-order valence-corrected chi connectivity index (χ4v) is 7.42. The quantitative estimate of drug-likeness (QED) is 0.452. The summed E-state index contributed by atoms with van der Waals surface area (Å²) in [5, 5.41) is 2.72. The molecule has 3 aromatic rings. The molecule has 0 bridgehead atoms. The predicted octanol–water partition coefficient (Wildman–Crippen LogP) is 6.18. The number of para-hydroxylation sites is 1. The third-order valence-electron chi connectivity index (χ3n) is 6.23. The summed E-state index contributed by atoms with van der Waals surface area (Å²) in [6, 6.07) is 21.2. The van der Waals surface area contributed by atoms with Crippen LogP contribution >= 0.6 is 0 Å². The van der Waals surface area contributed by atoms with Gasteiger partial charge >= 0.3 is 0 Å². The first-order valence-electron chi connectivity index (χ1n) is 11.0. The molecule has 1 aliphatic carbocycles. The van der Waals surface area contributed by atoms with Gasteiger partial charge in [-0.1, -0.05) is 82.4 Å². The van der Waals surface area contributed by atoms with Gasteiger partial charge in [0.15, 0.2) is 0 Å². The molecule has 0 amide bonds. The van der Waals surface area contributed by atoms with E-state index in [0.29, 0.717) is 0 Å². The van der Waals surface area contributed by atoms with Gasteiger partial charge in [-0.2, -0.15) is 0 Å². The third kappa shape index (κ3) is 4.07. The Bertz CT molecular complexity index is 1120. The molecular weight excluding hydrogens is 396 g/mol. The van der Waals surface area contributed by atoms with Gasteiger partial charge in [-0.05, 0) is 57.6 Å². The lowest BCUT2D eigenvalue weighted by atomic mass is 9.86. The minimum absolute atomic E-state index is 0.0869. The molecule has 0 aliphatic heterocycles. The molecule has 31 heavy (non-hydrogen) atoms. The molecule has 0 unspecified atom stereocenters. The number of methoxy groups -OCH3 is 1. The second-order valence-corrected chi connectivity index (χ2v) is 14.2. The van der Waals surface area contributed by atoms with Gasteiger partial charge in [-0.25, -0.2) is 0 Å². The standard InChI is InChI=1S/C28H32O2Si/c1-28(2,3)24-18-22(29-4)19-26(27(24)30-21-14-8-7-9-15-21)31(5,6)25-17-11-13-20-12-10-16-23(20)25/h7-11,13-19H,12H2,1-6H3. The molecule has 1 aliphatic rings. The van der Waals surface area contributed by atoms with Gasteiger partial charge in [0.25, 0.3) is 0 Å². The van der Waals surface area contributed by atoms with E-state index >= 15 is 0 Å². The van der Waals surface area contributed by atoms with Crippen molar-refractivity contribution < 1.29 is 9.47 Å². The zero-order valence-corrected chi connectivity index (χ0v) is 20.5. The molecule has 0 saturated heterocycles. The smallest absolute Gasteiger partial charge is 0.131 e. The molecule has 0 saturated carbocycles. The Balaban J connectivity index is 1.98. The van der Waals surface area contributed by atoms with E-state index in [0.717, 1.165) is 23.7 Å². The SMILES string of the molecule is COc1cc(C(C)(C)C)c(Oc2ccccc2)c([Si](C)(C)c2cccc3c2C=CC3)c1. The lowest BCUT2D eigenvalue weighted by Gasteiger charge is -2.32. The first kappa shape index (κ1) is 21.4. The van der Waals surface area contributed by atoms with Crippen molar-refractivity contribution in [3.63, 3.8) is 0 Å². The van der Waals surface area contributed by atoms with Crippen LogP contribution in [0.3, 0.4) is 0 Å². The molecule has 160 valence electrons. The van der Waals surface area contributed by atoms with Crippen LogP contribution in [0.15, 0.2) is 66.7 Å². The van der Waals surface area contributed by atoms with E-state index in [-0.39, 0.29) is 5.41 Å². The van der Waals surface area contributed by atoms with E-state index in [1.165, 1.54) is 27.1 Å². The summed E-state index contributed by atoms with van der Waals surface area (Å²) in [6.45, 7) is 11.6. The fourth-order valence-electron chi connectivity index (χ4n) is 4.44. The van der Waals surface area contributed by atoms with Crippen molar-refractivity contribution in [2.45, 2.75) is 45.7 Å². The Hall–Kier alpha value is -2.78. The molecule has 4 rings (SSSR count). The van der Waals surface area contributed by atoms with Crippen molar-refractivity contribution >= 4 is 24.5 Å². The van der Waals surface area contributed by atoms with E-state index in [1.807, 2.05) is 30.3 Å². The maximum Gasteiger partial charge on any atom is 0.131 e. The van der Waals surface area contributed by atoms with Crippen molar-refractivity contribution in [3.8, 4) is 17.2 Å². The van der Waals surface area contributed by atoms with Crippen molar-refractivity contribution in [3.05, 3.63) is 83.4 Å². The first-order valence-corrected chi connectivity index (χ1v) is 14.0. The van der Waals surface area contributed by atoms with Crippen LogP contribution in [0.5, 0.6) is 17.2 Å². The van der Waals surface area contributed by atoms with Crippen molar-refractivity contribution in [2.75, 3.05) is 7.11 Å². The predicted molar refractivity (Wildman–Crippen MR) is 134 cm³/mol. The average molecular weight is 429 g/mol. The highest BCUT2D eigenvalue weighted by molar-refractivity contribution is 7.01. The molecule has 0 radical (unpaired) electrons. The molecule has 0 heterocycles. The van der Waals surface area contributed by atoms with Gasteiger partial charge < -0.3 is 9.47 Å². The summed E-state index contributed by atoms with van der Waals surface area (Å²) in [5.74, 6) is 2.74. The average Bonchev–Trinajstić information content (AvgIpc) is 3.22. The number of rotatable bonds is 5. The number of fused-ring (bicyclic) bond motifs is 1. The number of ether oxygens (including phenoxy) is 2. The molecule has 0 aromatic heterocycles. The Morgan fingerprint density at radius 2 is 1.58 bits per heavy atom. The van der Waals surface area contributed by atoms with Gasteiger partial charge in [-0.3, -0.25) is 0 Å².